The standard InChI is InChI=1S/C26H24N4O.C22H23N3O2.C21H19N3O3/c1-16-12-17(2)27-22(16)14-25-24(28-19-8-10-20(31-3)11-9-19)15-26(30-25)23-13-18-6-4-5-7-21(18)29-23;1-12(2)27-22-11-19(18-9-15-16(24-18)6-5-7-21(15)26)25-20(22)10-17-13(3)8-14(4)23-17;1-11-4-12(2)22-14(11)7-18-19(25-3)9-17(24-18)16-5-13-6-20-21(27-10-26-20)8-15(13)23-16/h4-15,27-28,30H,1-3H3;5-12,23,25-26H,1-4H3;4-9,22,24H,10H2,1-3H3/b25-14-,26-23?;19-18?,20-10-;17-16?,18-7-. The van der Waals surface area contributed by atoms with Gasteiger partial charge in [-0.1, -0.05) is 24.3 Å². The molecule has 14 rings (SSSR count). The number of aromatic nitrogens is 6. The Labute approximate surface area is 488 Å². The van der Waals surface area contributed by atoms with Gasteiger partial charge in [-0.05, 0) is 181 Å². The van der Waals surface area contributed by atoms with E-state index in [2.05, 4.69) is 123 Å². The summed E-state index contributed by atoms with van der Waals surface area (Å²) in [5.74, 6) is 4.12. The first kappa shape index (κ1) is 55.0. The normalized spacial score (nSPS) is 15.7. The molecule has 0 fully saturated rings. The van der Waals surface area contributed by atoms with Gasteiger partial charge in [0.05, 0.1) is 91.3 Å². The molecule has 0 saturated carbocycles. The van der Waals surface area contributed by atoms with E-state index in [-0.39, 0.29) is 18.6 Å². The fourth-order valence-electron chi connectivity index (χ4n) is 10.7. The molecule has 0 radical (unpaired) electrons. The number of nitrogens with one attached hydrogen (secondary N) is 7. The van der Waals surface area contributed by atoms with Crippen LogP contribution in [0.3, 0.4) is 0 Å². The van der Waals surface area contributed by atoms with Gasteiger partial charge in [-0.3, -0.25) is 0 Å². The number of methoxy groups -OCH3 is 2. The number of phenols is 1. The zero-order chi connectivity index (χ0) is 59.0. The van der Waals surface area contributed by atoms with Crippen molar-refractivity contribution in [3.8, 4) is 34.5 Å². The van der Waals surface area contributed by atoms with Crippen LogP contribution in [0.4, 0.5) is 11.4 Å². The van der Waals surface area contributed by atoms with Crippen molar-refractivity contribution in [2.24, 2.45) is 15.0 Å². The summed E-state index contributed by atoms with van der Waals surface area (Å²) in [6.45, 7) is 16.7. The number of rotatable bonds is 9. The third-order valence-electron chi connectivity index (χ3n) is 14.8. The number of hydrogen-bond donors (Lipinski definition) is 8. The Morgan fingerprint density at radius 1 is 0.518 bits per heavy atom. The summed E-state index contributed by atoms with van der Waals surface area (Å²) in [7, 11) is 3.34. The molecule has 4 aromatic carbocycles. The van der Waals surface area contributed by atoms with Crippen LogP contribution in [0, 0.1) is 41.5 Å². The van der Waals surface area contributed by atoms with E-state index < -0.39 is 0 Å². The van der Waals surface area contributed by atoms with Gasteiger partial charge in [0, 0.05) is 73.7 Å². The zero-order valence-electron chi connectivity index (χ0n) is 49.0. The molecular weight excluding hydrogens is 1060 g/mol. The molecule has 16 heteroatoms. The Balaban J connectivity index is 0.000000126. The highest BCUT2D eigenvalue weighted by atomic mass is 16.7. The van der Waals surface area contributed by atoms with Crippen LogP contribution in [0.1, 0.15) is 64.7 Å². The van der Waals surface area contributed by atoms with Gasteiger partial charge in [0.1, 0.15) is 23.0 Å². The maximum atomic E-state index is 10.1. The minimum Gasteiger partial charge on any atom is -0.507 e. The SMILES string of the molecule is COc1cc(=C2C=c3cc4c(cc3=N2)OCO4)[nH]/c1=C\c1[nH]c(C)cc1C.COc1ccc(Nc2cc(=C3C=c4ccccc4=N3)[nH]/c2=C\c2[nH]c(C)cc2C)cc1.Cc1cc(C)c(/C=c2\[nH]c(=C3C=c4c(O)cccc4=N3)cc2OC(C)C)[nH]1. The van der Waals surface area contributed by atoms with E-state index in [4.69, 9.17) is 33.7 Å². The number of H-pyrrole nitrogens is 6. The number of hydrogen-bond acceptors (Lipinski definition) is 10. The van der Waals surface area contributed by atoms with E-state index in [1.165, 1.54) is 16.7 Å². The van der Waals surface area contributed by atoms with E-state index >= 15 is 0 Å². The lowest BCUT2D eigenvalue weighted by Crippen LogP contribution is -2.20. The molecule has 16 nitrogen and oxygen atoms in total. The molecule has 0 saturated heterocycles. The molecule has 8 N–H and O–H groups in total. The van der Waals surface area contributed by atoms with Gasteiger partial charge in [0.2, 0.25) is 6.79 Å². The largest absolute Gasteiger partial charge is 0.507 e. The molecule has 4 aliphatic rings. The number of ether oxygens (including phenoxy) is 5. The number of anilines is 2. The summed E-state index contributed by atoms with van der Waals surface area (Å²) < 4.78 is 27.7. The van der Waals surface area contributed by atoms with Crippen molar-refractivity contribution in [2.45, 2.75) is 61.5 Å². The van der Waals surface area contributed by atoms with Crippen molar-refractivity contribution in [1.29, 1.82) is 0 Å². The fraction of sp³-hybridized carbons (Fsp3) is 0.174. The number of aryl methyl sites for hydroxylation is 6. The lowest BCUT2D eigenvalue weighted by Gasteiger charge is -2.06. The van der Waals surface area contributed by atoms with Crippen LogP contribution in [0.15, 0.2) is 130 Å². The minimum absolute atomic E-state index is 0.0583. The van der Waals surface area contributed by atoms with Gasteiger partial charge < -0.3 is 64.0 Å². The predicted molar refractivity (Wildman–Crippen MR) is 333 cm³/mol. The van der Waals surface area contributed by atoms with Crippen LogP contribution in [-0.2, 0) is 0 Å². The van der Waals surface area contributed by atoms with E-state index in [0.717, 1.165) is 155 Å². The average Bonchev–Trinajstić information content (AvgIpc) is 2.82. The first-order valence-corrected chi connectivity index (χ1v) is 28.1. The van der Waals surface area contributed by atoms with Crippen LogP contribution in [0.5, 0.6) is 34.5 Å². The molecule has 428 valence electrons. The number of fused-ring (bicyclic) bond motifs is 4. The monoisotopic (exact) mass is 1130 g/mol. The van der Waals surface area contributed by atoms with E-state index in [1.807, 2.05) is 113 Å². The molecule has 4 aliphatic heterocycles. The Bertz CT molecular complexity index is 5010. The number of aromatic amines is 6. The summed E-state index contributed by atoms with van der Waals surface area (Å²) in [4.78, 5) is 34.8. The second kappa shape index (κ2) is 23.0. The van der Waals surface area contributed by atoms with Gasteiger partial charge in [-0.2, -0.15) is 0 Å². The molecule has 10 heterocycles. The van der Waals surface area contributed by atoms with Gasteiger partial charge in [-0.25, -0.2) is 15.0 Å². The predicted octanol–water partition coefficient (Wildman–Crippen LogP) is 5.01. The fourth-order valence-corrected chi connectivity index (χ4v) is 10.7. The van der Waals surface area contributed by atoms with Crippen LogP contribution >= 0.6 is 0 Å². The second-order valence-corrected chi connectivity index (χ2v) is 21.7. The Morgan fingerprint density at radius 2 is 1.05 bits per heavy atom. The third kappa shape index (κ3) is 11.8. The summed E-state index contributed by atoms with van der Waals surface area (Å²) in [5, 5.41) is 24.6. The molecule has 10 aromatic rings. The molecule has 0 amide bonds. The van der Waals surface area contributed by atoms with Gasteiger partial charge in [0.25, 0.3) is 0 Å². The number of phenolic OH excluding ortho intramolecular Hbond substituents is 1. The topological polar surface area (TPSA) is 210 Å². The minimum atomic E-state index is 0.0583. The Hall–Kier alpha value is -10.6. The highest BCUT2D eigenvalue weighted by Gasteiger charge is 2.17. The van der Waals surface area contributed by atoms with Crippen molar-refractivity contribution in [1.82, 2.24) is 29.9 Å². The molecule has 0 aliphatic carbocycles. The van der Waals surface area contributed by atoms with Gasteiger partial charge >= 0.3 is 0 Å². The van der Waals surface area contributed by atoms with Crippen LogP contribution in [0.25, 0.3) is 53.5 Å². The number of benzene rings is 4. The molecular formula is C69H66N10O6. The Morgan fingerprint density at radius 3 is 1.64 bits per heavy atom. The molecule has 0 spiro atoms. The van der Waals surface area contributed by atoms with Gasteiger partial charge in [-0.15, -0.1) is 0 Å². The summed E-state index contributed by atoms with van der Waals surface area (Å²) in [6.07, 6.45) is 12.4. The van der Waals surface area contributed by atoms with Crippen molar-refractivity contribution in [3.05, 3.63) is 230 Å². The molecule has 0 atom stereocenters. The maximum Gasteiger partial charge on any atom is 0.231 e. The van der Waals surface area contributed by atoms with E-state index in [1.54, 1.807) is 26.4 Å². The molecule has 6 aromatic heterocycles. The van der Waals surface area contributed by atoms with Crippen molar-refractivity contribution < 1.29 is 28.8 Å². The summed E-state index contributed by atoms with van der Waals surface area (Å²) >= 11 is 0. The third-order valence-corrected chi connectivity index (χ3v) is 14.8. The first-order chi connectivity index (χ1) is 41.1. The lowest BCUT2D eigenvalue weighted by atomic mass is 10.2. The average molecular weight is 1130 g/mol. The number of nitrogens with zero attached hydrogens (tertiary/aromatic N) is 3. The second-order valence-electron chi connectivity index (χ2n) is 21.7. The maximum absolute atomic E-state index is 10.1. The van der Waals surface area contributed by atoms with Crippen molar-refractivity contribution >= 4 is 64.9 Å². The van der Waals surface area contributed by atoms with Crippen LogP contribution in [-0.4, -0.2) is 62.1 Å². The van der Waals surface area contributed by atoms with E-state index in [0.29, 0.717) is 0 Å². The first-order valence-electron chi connectivity index (χ1n) is 28.1. The highest BCUT2D eigenvalue weighted by Crippen LogP contribution is 2.29. The quantitative estimate of drug-likeness (QED) is 0.0990. The zero-order valence-corrected chi connectivity index (χ0v) is 49.0. The van der Waals surface area contributed by atoms with Crippen molar-refractivity contribution in [3.63, 3.8) is 0 Å². The van der Waals surface area contributed by atoms with Gasteiger partial charge in [0.15, 0.2) is 11.5 Å². The lowest BCUT2D eigenvalue weighted by molar-refractivity contribution is 0.174. The number of para-hydroxylation sites is 1. The summed E-state index contributed by atoms with van der Waals surface area (Å²) in [5.41, 5.74) is 14.7. The van der Waals surface area contributed by atoms with Crippen LogP contribution < -0.4 is 92.8 Å². The highest BCUT2D eigenvalue weighted by molar-refractivity contribution is 5.80. The molecule has 0 bridgehead atoms. The smallest absolute Gasteiger partial charge is 0.231 e. The van der Waals surface area contributed by atoms with E-state index in [9.17, 15) is 5.11 Å². The molecule has 0 unspecified atom stereocenters. The molecule has 85 heavy (non-hydrogen) atoms. The summed E-state index contributed by atoms with van der Waals surface area (Å²) in [6, 6.07) is 37.8. The van der Waals surface area contributed by atoms with Crippen molar-refractivity contribution in [2.75, 3.05) is 26.3 Å². The van der Waals surface area contributed by atoms with Crippen LogP contribution in [0.2, 0.25) is 0 Å². The Kier molecular flexibility index (Phi) is 14.9. The number of aromatic hydroxyl groups is 1.